The van der Waals surface area contributed by atoms with Crippen molar-refractivity contribution in [3.63, 3.8) is 0 Å². The van der Waals surface area contributed by atoms with Gasteiger partial charge in [0.15, 0.2) is 11.2 Å². The summed E-state index contributed by atoms with van der Waals surface area (Å²) in [6.07, 6.45) is -0.0794. The summed E-state index contributed by atoms with van der Waals surface area (Å²) < 4.78 is 15.9. The third kappa shape index (κ3) is 3.02. The molecule has 0 saturated carbocycles. The number of carbonyl (C=O) groups is 1. The molecule has 0 aliphatic carbocycles. The van der Waals surface area contributed by atoms with Crippen molar-refractivity contribution >= 4 is 22.9 Å². The van der Waals surface area contributed by atoms with Gasteiger partial charge in [0.2, 0.25) is 5.78 Å². The third-order valence-corrected chi connectivity index (χ3v) is 5.62. The molecule has 0 unspecified atom stereocenters. The molecule has 0 atom stereocenters. The van der Waals surface area contributed by atoms with Crippen LogP contribution in [0.1, 0.15) is 17.8 Å². The molecule has 10 nitrogen and oxygen atoms in total. The van der Waals surface area contributed by atoms with E-state index in [-0.39, 0.29) is 24.1 Å². The van der Waals surface area contributed by atoms with Gasteiger partial charge in [0.05, 0.1) is 20.6 Å². The van der Waals surface area contributed by atoms with E-state index in [2.05, 4.69) is 9.72 Å². The predicted octanol–water partition coefficient (Wildman–Crippen LogP) is 1.33. The molecule has 3 aromatic heterocycles. The van der Waals surface area contributed by atoms with E-state index in [0.29, 0.717) is 5.78 Å². The van der Waals surface area contributed by atoms with E-state index in [0.717, 1.165) is 27.4 Å². The lowest BCUT2D eigenvalue weighted by atomic mass is 10.3. The van der Waals surface area contributed by atoms with Crippen molar-refractivity contribution in [1.29, 1.82) is 0 Å². The van der Waals surface area contributed by atoms with Crippen molar-refractivity contribution in [2.45, 2.75) is 26.8 Å². The smallest absolute Gasteiger partial charge is 0.332 e. The summed E-state index contributed by atoms with van der Waals surface area (Å²) in [6, 6.07) is 7.49. The highest BCUT2D eigenvalue weighted by Gasteiger charge is 2.23. The Morgan fingerprint density at radius 2 is 1.74 bits per heavy atom. The van der Waals surface area contributed by atoms with E-state index in [1.54, 1.807) is 18.6 Å². The lowest BCUT2D eigenvalue weighted by Crippen LogP contribution is -2.40. The summed E-state index contributed by atoms with van der Waals surface area (Å²) in [7, 11) is 4.43. The maximum atomic E-state index is 13.3. The van der Waals surface area contributed by atoms with E-state index in [9.17, 15) is 14.4 Å². The van der Waals surface area contributed by atoms with Crippen LogP contribution in [0.3, 0.4) is 0 Å². The number of ether oxygens (including phenoxy) is 2. The fourth-order valence-electron chi connectivity index (χ4n) is 3.79. The van der Waals surface area contributed by atoms with Crippen LogP contribution in [0.5, 0.6) is 5.75 Å². The van der Waals surface area contributed by atoms with Crippen LogP contribution in [0.2, 0.25) is 0 Å². The highest BCUT2D eigenvalue weighted by atomic mass is 16.5. The first-order chi connectivity index (χ1) is 14.8. The van der Waals surface area contributed by atoms with Gasteiger partial charge in [-0.15, -0.1) is 0 Å². The van der Waals surface area contributed by atoms with Crippen molar-refractivity contribution < 1.29 is 14.3 Å². The van der Waals surface area contributed by atoms with Crippen molar-refractivity contribution in [2.24, 2.45) is 7.05 Å². The first-order valence-corrected chi connectivity index (χ1v) is 9.71. The number of imidazole rings is 2. The molecular formula is C21H23N5O5. The van der Waals surface area contributed by atoms with Gasteiger partial charge in [-0.05, 0) is 38.1 Å². The second-order valence-electron chi connectivity index (χ2n) is 7.25. The minimum Gasteiger partial charge on any atom is -0.497 e. The van der Waals surface area contributed by atoms with E-state index in [1.807, 2.05) is 42.7 Å². The molecule has 0 spiro atoms. The van der Waals surface area contributed by atoms with E-state index < -0.39 is 17.2 Å². The zero-order valence-electron chi connectivity index (χ0n) is 18.0. The summed E-state index contributed by atoms with van der Waals surface area (Å²) >= 11 is 0. The molecule has 0 amide bonds. The van der Waals surface area contributed by atoms with Crippen molar-refractivity contribution in [3.05, 3.63) is 56.5 Å². The molecule has 0 aliphatic heterocycles. The number of rotatable bonds is 5. The molecule has 1 aromatic carbocycles. The zero-order valence-corrected chi connectivity index (χ0v) is 18.0. The van der Waals surface area contributed by atoms with E-state index in [1.165, 1.54) is 11.7 Å². The van der Waals surface area contributed by atoms with Crippen molar-refractivity contribution in [2.75, 3.05) is 14.2 Å². The van der Waals surface area contributed by atoms with E-state index in [4.69, 9.17) is 4.74 Å². The number of hydrogen-bond donors (Lipinski definition) is 0. The normalized spacial score (nSPS) is 11.4. The lowest BCUT2D eigenvalue weighted by molar-refractivity contribution is -0.140. The second-order valence-corrected chi connectivity index (χ2v) is 7.25. The quantitative estimate of drug-likeness (QED) is 0.447. The van der Waals surface area contributed by atoms with Gasteiger partial charge in [0.1, 0.15) is 5.75 Å². The van der Waals surface area contributed by atoms with Crippen LogP contribution in [0.4, 0.5) is 0 Å². The van der Waals surface area contributed by atoms with E-state index >= 15 is 0 Å². The summed E-state index contributed by atoms with van der Waals surface area (Å²) in [5.74, 6) is 0.754. The van der Waals surface area contributed by atoms with Gasteiger partial charge in [-0.2, -0.15) is 4.98 Å². The summed E-state index contributed by atoms with van der Waals surface area (Å²) in [4.78, 5) is 42.3. The van der Waals surface area contributed by atoms with Gasteiger partial charge >= 0.3 is 11.7 Å². The summed E-state index contributed by atoms with van der Waals surface area (Å²) in [5, 5.41) is 0. The van der Waals surface area contributed by atoms with Gasteiger partial charge in [-0.1, -0.05) is 0 Å². The number of esters is 1. The minimum absolute atomic E-state index is 0.0709. The molecule has 162 valence electrons. The Bertz CT molecular complexity index is 1440. The Morgan fingerprint density at radius 1 is 1.06 bits per heavy atom. The Kier molecular flexibility index (Phi) is 4.92. The van der Waals surface area contributed by atoms with Crippen molar-refractivity contribution in [3.8, 4) is 11.4 Å². The third-order valence-electron chi connectivity index (χ3n) is 5.62. The molecule has 4 rings (SSSR count). The Hall–Kier alpha value is -3.82. The predicted molar refractivity (Wildman–Crippen MR) is 114 cm³/mol. The first-order valence-electron chi connectivity index (χ1n) is 9.71. The van der Waals surface area contributed by atoms with Crippen LogP contribution in [-0.2, 0) is 23.1 Å². The van der Waals surface area contributed by atoms with Crippen LogP contribution in [0.25, 0.3) is 22.6 Å². The number of methoxy groups -OCH3 is 2. The number of hydrogen-bond acceptors (Lipinski definition) is 6. The van der Waals surface area contributed by atoms with Crippen LogP contribution >= 0.6 is 0 Å². The maximum absolute atomic E-state index is 13.3. The zero-order chi connectivity index (χ0) is 22.4. The molecule has 0 fully saturated rings. The molecular weight excluding hydrogens is 402 g/mol. The number of fused-ring (bicyclic) bond motifs is 3. The molecule has 31 heavy (non-hydrogen) atoms. The number of nitrogens with zero attached hydrogens (tertiary/aromatic N) is 5. The molecule has 0 radical (unpaired) electrons. The lowest BCUT2D eigenvalue weighted by Gasteiger charge is -2.08. The molecule has 0 saturated heterocycles. The van der Waals surface area contributed by atoms with Crippen LogP contribution < -0.4 is 16.0 Å². The first kappa shape index (κ1) is 20.5. The topological polar surface area (TPSA) is 102 Å². The average molecular weight is 425 g/mol. The van der Waals surface area contributed by atoms with Gasteiger partial charge < -0.3 is 9.47 Å². The largest absolute Gasteiger partial charge is 0.497 e. The van der Waals surface area contributed by atoms with Crippen LogP contribution in [-0.4, -0.2) is 43.3 Å². The Morgan fingerprint density at radius 3 is 2.35 bits per heavy atom. The highest BCUT2D eigenvalue weighted by molar-refractivity contribution is 5.77. The van der Waals surface area contributed by atoms with Gasteiger partial charge in [0.25, 0.3) is 5.56 Å². The average Bonchev–Trinajstić information content (AvgIpc) is 3.27. The molecule has 0 aliphatic rings. The second kappa shape index (κ2) is 7.46. The molecule has 3 heterocycles. The Balaban J connectivity index is 2.02. The summed E-state index contributed by atoms with van der Waals surface area (Å²) in [6.45, 7) is 3.77. The van der Waals surface area contributed by atoms with Gasteiger partial charge in [-0.3, -0.25) is 27.7 Å². The monoisotopic (exact) mass is 425 g/mol. The minimum atomic E-state index is -0.535. The molecule has 10 heteroatoms. The highest BCUT2D eigenvalue weighted by Crippen LogP contribution is 2.25. The fraction of sp³-hybridized carbons (Fsp3) is 0.333. The fourth-order valence-corrected chi connectivity index (χ4v) is 3.79. The number of carbonyl (C=O) groups excluding carboxylic acids is 1. The van der Waals surface area contributed by atoms with Gasteiger partial charge in [0, 0.05) is 30.7 Å². The number of aryl methyl sites for hydroxylation is 2. The standard InChI is InChI=1S/C21H23N5O5/c1-12-13(2)26-17-18(22-20(26)25(12)14-6-8-15(30-4)9-7-14)23(3)21(29)24(19(17)28)11-10-16(27)31-5/h6-9H,10-11H2,1-5H3. The number of aromatic nitrogens is 5. The van der Waals surface area contributed by atoms with Crippen molar-refractivity contribution in [1.82, 2.24) is 23.1 Å². The number of benzene rings is 1. The molecule has 0 bridgehead atoms. The van der Waals surface area contributed by atoms with Crippen LogP contribution in [0.15, 0.2) is 33.9 Å². The SMILES string of the molecule is COC(=O)CCn1c(=O)c2c(nc3n(-c4ccc(OC)cc4)c(C)c(C)n23)n(C)c1=O. The molecule has 4 aromatic rings. The Labute approximate surface area is 176 Å². The maximum Gasteiger partial charge on any atom is 0.332 e. The molecule has 0 N–H and O–H groups in total. The summed E-state index contributed by atoms with van der Waals surface area (Å²) in [5.41, 5.74) is 2.12. The van der Waals surface area contributed by atoms with Gasteiger partial charge in [-0.25, -0.2) is 4.79 Å². The van der Waals surface area contributed by atoms with Crippen LogP contribution in [0, 0.1) is 13.8 Å².